The van der Waals surface area contributed by atoms with Gasteiger partial charge in [0, 0.05) is 12.6 Å². The van der Waals surface area contributed by atoms with Gasteiger partial charge in [0.2, 0.25) is 0 Å². The smallest absolute Gasteiger partial charge is 0.191 e. The Labute approximate surface area is 102 Å². The van der Waals surface area contributed by atoms with E-state index in [-0.39, 0.29) is 0 Å². The van der Waals surface area contributed by atoms with Gasteiger partial charge in [0.05, 0.1) is 13.7 Å². The summed E-state index contributed by atoms with van der Waals surface area (Å²) < 4.78 is 5.31. The van der Waals surface area contributed by atoms with E-state index in [1.165, 1.54) is 5.56 Å². The summed E-state index contributed by atoms with van der Waals surface area (Å²) in [5.41, 5.74) is 1.22. The summed E-state index contributed by atoms with van der Waals surface area (Å²) in [6.45, 7) is 3.84. The maximum Gasteiger partial charge on any atom is 0.191 e. The molecular formula is C13H19N3O. The SMILES string of the molecule is COc1ccccc1CCNC1=NCC(C)N1. The van der Waals surface area contributed by atoms with E-state index in [0.717, 1.165) is 31.2 Å². The summed E-state index contributed by atoms with van der Waals surface area (Å²) in [5.74, 6) is 1.86. The molecule has 1 aromatic rings. The maximum absolute atomic E-state index is 5.31. The number of benzene rings is 1. The van der Waals surface area contributed by atoms with Crippen molar-refractivity contribution in [1.29, 1.82) is 0 Å². The van der Waals surface area contributed by atoms with Crippen molar-refractivity contribution in [2.45, 2.75) is 19.4 Å². The number of nitrogens with zero attached hydrogens (tertiary/aromatic N) is 1. The molecule has 2 N–H and O–H groups in total. The van der Waals surface area contributed by atoms with Gasteiger partial charge in [0.1, 0.15) is 5.75 Å². The summed E-state index contributed by atoms with van der Waals surface area (Å²) in [7, 11) is 1.70. The van der Waals surface area contributed by atoms with Gasteiger partial charge < -0.3 is 15.4 Å². The van der Waals surface area contributed by atoms with E-state index in [9.17, 15) is 0 Å². The van der Waals surface area contributed by atoms with E-state index in [2.05, 4.69) is 28.6 Å². The first kappa shape index (κ1) is 11.8. The van der Waals surface area contributed by atoms with E-state index >= 15 is 0 Å². The molecule has 2 rings (SSSR count). The lowest BCUT2D eigenvalue weighted by atomic mass is 10.1. The monoisotopic (exact) mass is 233 g/mol. The highest BCUT2D eigenvalue weighted by atomic mass is 16.5. The number of rotatable bonds is 4. The van der Waals surface area contributed by atoms with E-state index < -0.39 is 0 Å². The number of para-hydroxylation sites is 1. The molecule has 0 radical (unpaired) electrons. The van der Waals surface area contributed by atoms with Crippen LogP contribution in [0, 0.1) is 0 Å². The standard InChI is InChI=1S/C13H19N3O/c1-10-9-15-13(16-10)14-8-7-11-5-3-4-6-12(11)17-2/h3-6,10H,7-9H2,1-2H3,(H2,14,15,16). The first-order chi connectivity index (χ1) is 8.29. The van der Waals surface area contributed by atoms with E-state index in [4.69, 9.17) is 4.74 Å². The molecule has 17 heavy (non-hydrogen) atoms. The Kier molecular flexibility index (Phi) is 3.85. The molecule has 0 bridgehead atoms. The summed E-state index contributed by atoms with van der Waals surface area (Å²) in [4.78, 5) is 4.35. The van der Waals surface area contributed by atoms with Crippen LogP contribution in [0.1, 0.15) is 12.5 Å². The van der Waals surface area contributed by atoms with Crippen LogP contribution in [0.25, 0.3) is 0 Å². The number of hydrogen-bond acceptors (Lipinski definition) is 4. The van der Waals surface area contributed by atoms with E-state index in [0.29, 0.717) is 6.04 Å². The van der Waals surface area contributed by atoms with Gasteiger partial charge >= 0.3 is 0 Å². The molecule has 0 aromatic heterocycles. The van der Waals surface area contributed by atoms with Crippen LogP contribution in [-0.2, 0) is 6.42 Å². The van der Waals surface area contributed by atoms with Crippen molar-refractivity contribution in [2.75, 3.05) is 20.2 Å². The van der Waals surface area contributed by atoms with Gasteiger partial charge in [0.25, 0.3) is 0 Å². The molecule has 0 saturated heterocycles. The normalized spacial score (nSPS) is 18.5. The summed E-state index contributed by atoms with van der Waals surface area (Å²) in [6, 6.07) is 8.55. The van der Waals surface area contributed by atoms with Gasteiger partial charge in [-0.15, -0.1) is 0 Å². The van der Waals surface area contributed by atoms with Crippen LogP contribution in [0.15, 0.2) is 29.3 Å². The van der Waals surface area contributed by atoms with Crippen LogP contribution < -0.4 is 15.4 Å². The van der Waals surface area contributed by atoms with Gasteiger partial charge in [-0.1, -0.05) is 18.2 Å². The molecule has 0 fully saturated rings. The molecule has 4 heteroatoms. The average molecular weight is 233 g/mol. The predicted octanol–water partition coefficient (Wildman–Crippen LogP) is 1.17. The summed E-state index contributed by atoms with van der Waals surface area (Å²) >= 11 is 0. The molecule has 1 aromatic carbocycles. The number of ether oxygens (including phenoxy) is 1. The second-order valence-corrected chi connectivity index (χ2v) is 4.22. The minimum atomic E-state index is 0.448. The van der Waals surface area contributed by atoms with Crippen molar-refractivity contribution in [3.63, 3.8) is 0 Å². The highest BCUT2D eigenvalue weighted by Gasteiger charge is 2.11. The van der Waals surface area contributed by atoms with Crippen LogP contribution in [0.2, 0.25) is 0 Å². The second-order valence-electron chi connectivity index (χ2n) is 4.22. The zero-order valence-corrected chi connectivity index (χ0v) is 10.4. The first-order valence-electron chi connectivity index (χ1n) is 5.96. The average Bonchev–Trinajstić information content (AvgIpc) is 2.76. The lowest BCUT2D eigenvalue weighted by molar-refractivity contribution is 0.409. The Hall–Kier alpha value is -1.71. The van der Waals surface area contributed by atoms with Gasteiger partial charge in [-0.3, -0.25) is 4.99 Å². The Morgan fingerprint density at radius 3 is 3.00 bits per heavy atom. The van der Waals surface area contributed by atoms with Crippen LogP contribution in [0.4, 0.5) is 0 Å². The molecular weight excluding hydrogens is 214 g/mol. The van der Waals surface area contributed by atoms with Crippen LogP contribution in [0.5, 0.6) is 5.75 Å². The third-order valence-electron chi connectivity index (χ3n) is 2.79. The Bertz CT molecular complexity index is 403. The molecule has 1 atom stereocenters. The second kappa shape index (κ2) is 5.57. The Balaban J connectivity index is 1.82. The molecule has 1 unspecified atom stereocenters. The van der Waals surface area contributed by atoms with Crippen molar-refractivity contribution >= 4 is 5.96 Å². The third kappa shape index (κ3) is 3.12. The van der Waals surface area contributed by atoms with Crippen LogP contribution >= 0.6 is 0 Å². The fourth-order valence-corrected chi connectivity index (χ4v) is 1.88. The summed E-state index contributed by atoms with van der Waals surface area (Å²) in [6.07, 6.45) is 0.930. The predicted molar refractivity (Wildman–Crippen MR) is 69.6 cm³/mol. The molecule has 0 spiro atoms. The lowest BCUT2D eigenvalue weighted by Crippen LogP contribution is -2.38. The molecule has 4 nitrogen and oxygen atoms in total. The molecule has 0 aliphatic carbocycles. The van der Waals surface area contributed by atoms with Crippen LogP contribution in [0.3, 0.4) is 0 Å². The van der Waals surface area contributed by atoms with Gasteiger partial charge in [-0.2, -0.15) is 0 Å². The Morgan fingerprint density at radius 2 is 2.29 bits per heavy atom. The number of methoxy groups -OCH3 is 1. The first-order valence-corrected chi connectivity index (χ1v) is 5.96. The highest BCUT2D eigenvalue weighted by Crippen LogP contribution is 2.17. The number of guanidine groups is 1. The fraction of sp³-hybridized carbons (Fsp3) is 0.462. The zero-order chi connectivity index (χ0) is 12.1. The third-order valence-corrected chi connectivity index (χ3v) is 2.79. The van der Waals surface area contributed by atoms with E-state index in [1.807, 2.05) is 18.2 Å². The molecule has 1 heterocycles. The maximum atomic E-state index is 5.31. The highest BCUT2D eigenvalue weighted by molar-refractivity contribution is 5.81. The van der Waals surface area contributed by atoms with Crippen molar-refractivity contribution in [2.24, 2.45) is 4.99 Å². The minimum absolute atomic E-state index is 0.448. The molecule has 1 aliphatic heterocycles. The molecule has 1 aliphatic rings. The van der Waals surface area contributed by atoms with Crippen molar-refractivity contribution in [3.05, 3.63) is 29.8 Å². The number of nitrogens with one attached hydrogen (secondary N) is 2. The number of aliphatic imine (C=N–C) groups is 1. The van der Waals surface area contributed by atoms with Crippen molar-refractivity contribution in [3.8, 4) is 5.75 Å². The van der Waals surface area contributed by atoms with Crippen molar-refractivity contribution < 1.29 is 4.74 Å². The lowest BCUT2D eigenvalue weighted by Gasteiger charge is -2.10. The van der Waals surface area contributed by atoms with Gasteiger partial charge in [0.15, 0.2) is 5.96 Å². The zero-order valence-electron chi connectivity index (χ0n) is 10.4. The van der Waals surface area contributed by atoms with Crippen LogP contribution in [-0.4, -0.2) is 32.2 Å². The quantitative estimate of drug-likeness (QED) is 0.820. The molecule has 0 saturated carbocycles. The van der Waals surface area contributed by atoms with Gasteiger partial charge in [-0.05, 0) is 25.0 Å². The van der Waals surface area contributed by atoms with Gasteiger partial charge in [-0.25, -0.2) is 0 Å². The molecule has 0 amide bonds. The largest absolute Gasteiger partial charge is 0.496 e. The minimum Gasteiger partial charge on any atom is -0.496 e. The topological polar surface area (TPSA) is 45.6 Å². The number of hydrogen-bond donors (Lipinski definition) is 2. The summed E-state index contributed by atoms with van der Waals surface area (Å²) in [5, 5.41) is 6.57. The molecule has 92 valence electrons. The van der Waals surface area contributed by atoms with Crippen molar-refractivity contribution in [1.82, 2.24) is 10.6 Å². The van der Waals surface area contributed by atoms with E-state index in [1.54, 1.807) is 7.11 Å². The fourth-order valence-electron chi connectivity index (χ4n) is 1.88. The Morgan fingerprint density at radius 1 is 1.47 bits per heavy atom.